The third-order valence-corrected chi connectivity index (χ3v) is 2.00. The molecule has 1 unspecified atom stereocenters. The first-order chi connectivity index (χ1) is 7.18. The van der Waals surface area contributed by atoms with Crippen molar-refractivity contribution in [2.45, 2.75) is 18.9 Å². The number of amides is 1. The van der Waals surface area contributed by atoms with Gasteiger partial charge in [0.1, 0.15) is 6.61 Å². The number of hydrogen-bond donors (Lipinski definition) is 3. The van der Waals surface area contributed by atoms with Gasteiger partial charge in [0.15, 0.2) is 0 Å². The Morgan fingerprint density at radius 1 is 1.60 bits per heavy atom. The highest BCUT2D eigenvalue weighted by atomic mass is 16.6. The number of hydroxylamine groups is 1. The molecule has 4 N–H and O–H groups in total. The summed E-state index contributed by atoms with van der Waals surface area (Å²) in [5.41, 5.74) is 7.28. The minimum atomic E-state index is -0.628. The van der Waals surface area contributed by atoms with Crippen LogP contribution in [0.25, 0.3) is 0 Å². The number of aliphatic hydroxyl groups is 1. The molecule has 1 saturated carbocycles. The maximum Gasteiger partial charge on any atom is 0.245 e. The fourth-order valence-electron chi connectivity index (χ4n) is 0.991. The van der Waals surface area contributed by atoms with Crippen molar-refractivity contribution < 1.29 is 19.5 Å². The summed E-state index contributed by atoms with van der Waals surface area (Å²) in [4.78, 5) is 14.9. The summed E-state index contributed by atoms with van der Waals surface area (Å²) in [7, 11) is 0. The summed E-state index contributed by atoms with van der Waals surface area (Å²) in [6.45, 7) is 1.02. The summed E-state index contributed by atoms with van der Waals surface area (Å²) >= 11 is 0. The summed E-state index contributed by atoms with van der Waals surface area (Å²) < 4.78 is 5.26. The maximum absolute atomic E-state index is 10.3. The van der Waals surface area contributed by atoms with Crippen molar-refractivity contribution in [3.05, 3.63) is 0 Å². The average molecular weight is 218 g/mol. The molecule has 0 bridgehead atoms. The molecule has 0 aromatic rings. The van der Waals surface area contributed by atoms with Gasteiger partial charge in [-0.3, -0.25) is 9.63 Å². The second-order valence-electron chi connectivity index (χ2n) is 3.74. The zero-order valence-corrected chi connectivity index (χ0v) is 8.65. The van der Waals surface area contributed by atoms with Crippen LogP contribution in [0.2, 0.25) is 0 Å². The lowest BCUT2D eigenvalue weighted by Crippen LogP contribution is -2.33. The minimum Gasteiger partial charge on any atom is -0.389 e. The number of carbonyl (C=O) groups is 1. The van der Waals surface area contributed by atoms with Gasteiger partial charge in [0.2, 0.25) is 5.91 Å². The molecule has 1 rings (SSSR count). The van der Waals surface area contributed by atoms with Crippen LogP contribution in [0.15, 0.2) is 0 Å². The molecule has 0 aromatic carbocycles. The van der Waals surface area contributed by atoms with Gasteiger partial charge in [-0.15, -0.1) is 0 Å². The van der Waals surface area contributed by atoms with E-state index in [0.29, 0.717) is 5.92 Å². The number of carbonyl (C=O) groups excluding carboxylic acids is 1. The van der Waals surface area contributed by atoms with Gasteiger partial charge >= 0.3 is 0 Å². The van der Waals surface area contributed by atoms with Gasteiger partial charge in [-0.05, 0) is 18.8 Å². The largest absolute Gasteiger partial charge is 0.389 e. The molecule has 0 heterocycles. The standard InChI is InChI=1S/C9H18N2O4/c10-9(13)6-15-11-3-8(12)5-14-4-7-1-2-7/h7-8,11-12H,1-6H2,(H2,10,13). The molecule has 15 heavy (non-hydrogen) atoms. The summed E-state index contributed by atoms with van der Waals surface area (Å²) in [5, 5.41) is 9.36. The van der Waals surface area contributed by atoms with Crippen LogP contribution in [0.4, 0.5) is 0 Å². The number of hydrogen-bond acceptors (Lipinski definition) is 5. The van der Waals surface area contributed by atoms with E-state index in [1.54, 1.807) is 0 Å². The van der Waals surface area contributed by atoms with Crippen LogP contribution < -0.4 is 11.2 Å². The first-order valence-electron chi connectivity index (χ1n) is 5.07. The van der Waals surface area contributed by atoms with E-state index in [-0.39, 0.29) is 19.8 Å². The zero-order chi connectivity index (χ0) is 11.1. The van der Waals surface area contributed by atoms with E-state index in [2.05, 4.69) is 10.3 Å². The average Bonchev–Trinajstić information content (AvgIpc) is 2.96. The third kappa shape index (κ3) is 7.26. The Morgan fingerprint density at radius 3 is 2.93 bits per heavy atom. The summed E-state index contributed by atoms with van der Waals surface area (Å²) in [6, 6.07) is 0. The second-order valence-corrected chi connectivity index (χ2v) is 3.74. The van der Waals surface area contributed by atoms with E-state index >= 15 is 0 Å². The first-order valence-corrected chi connectivity index (χ1v) is 5.07. The summed E-state index contributed by atoms with van der Waals surface area (Å²) in [6.07, 6.45) is 1.84. The van der Waals surface area contributed by atoms with E-state index < -0.39 is 12.0 Å². The molecule has 1 aliphatic carbocycles. The number of rotatable bonds is 9. The van der Waals surface area contributed by atoms with Crippen molar-refractivity contribution in [3.8, 4) is 0 Å². The Balaban J connectivity index is 1.83. The monoisotopic (exact) mass is 218 g/mol. The van der Waals surface area contributed by atoms with Crippen molar-refractivity contribution >= 4 is 5.91 Å². The summed E-state index contributed by atoms with van der Waals surface area (Å²) in [5.74, 6) is 0.137. The molecule has 1 fully saturated rings. The molecule has 0 spiro atoms. The Morgan fingerprint density at radius 2 is 2.33 bits per heavy atom. The molecule has 6 nitrogen and oxygen atoms in total. The Hall–Kier alpha value is -0.690. The van der Waals surface area contributed by atoms with Crippen molar-refractivity contribution in [1.82, 2.24) is 5.48 Å². The number of ether oxygens (including phenoxy) is 1. The van der Waals surface area contributed by atoms with Gasteiger partial charge in [-0.2, -0.15) is 5.48 Å². The maximum atomic E-state index is 10.3. The van der Waals surface area contributed by atoms with Gasteiger partial charge in [-0.1, -0.05) is 0 Å². The van der Waals surface area contributed by atoms with E-state index in [4.69, 9.17) is 10.5 Å². The smallest absolute Gasteiger partial charge is 0.245 e. The van der Waals surface area contributed by atoms with E-state index in [0.717, 1.165) is 6.61 Å². The molecular formula is C9H18N2O4. The number of nitrogens with one attached hydrogen (secondary N) is 1. The van der Waals surface area contributed by atoms with E-state index in [1.165, 1.54) is 12.8 Å². The van der Waals surface area contributed by atoms with Crippen molar-refractivity contribution in [3.63, 3.8) is 0 Å². The predicted octanol–water partition coefficient (Wildman–Crippen LogP) is -1.22. The molecule has 1 atom stereocenters. The molecule has 1 aliphatic rings. The lowest BCUT2D eigenvalue weighted by Gasteiger charge is -2.11. The minimum absolute atomic E-state index is 0.199. The molecule has 1 amide bonds. The van der Waals surface area contributed by atoms with Gasteiger partial charge in [0, 0.05) is 13.2 Å². The highest BCUT2D eigenvalue weighted by Gasteiger charge is 2.21. The molecule has 6 heteroatoms. The molecular weight excluding hydrogens is 200 g/mol. The molecule has 0 aromatic heterocycles. The van der Waals surface area contributed by atoms with Gasteiger partial charge in [0.25, 0.3) is 0 Å². The normalized spacial score (nSPS) is 17.7. The molecule has 0 aliphatic heterocycles. The van der Waals surface area contributed by atoms with Crippen molar-refractivity contribution in [1.29, 1.82) is 0 Å². The SMILES string of the molecule is NC(=O)CONCC(O)COCC1CC1. The second kappa shape index (κ2) is 6.73. The Bertz CT molecular complexity index is 197. The van der Waals surface area contributed by atoms with Crippen LogP contribution in [0, 0.1) is 5.92 Å². The van der Waals surface area contributed by atoms with Crippen LogP contribution in [0.3, 0.4) is 0 Å². The number of nitrogens with two attached hydrogens (primary N) is 1. The van der Waals surface area contributed by atoms with Crippen LogP contribution >= 0.6 is 0 Å². The van der Waals surface area contributed by atoms with Crippen molar-refractivity contribution in [2.24, 2.45) is 11.7 Å². The lowest BCUT2D eigenvalue weighted by molar-refractivity contribution is -0.126. The molecule has 88 valence electrons. The first kappa shape index (κ1) is 12.4. The highest BCUT2D eigenvalue weighted by molar-refractivity contribution is 5.74. The quantitative estimate of drug-likeness (QED) is 0.333. The van der Waals surface area contributed by atoms with Crippen molar-refractivity contribution in [2.75, 3.05) is 26.4 Å². The van der Waals surface area contributed by atoms with Crippen LogP contribution in [-0.2, 0) is 14.4 Å². The van der Waals surface area contributed by atoms with E-state index in [1.807, 2.05) is 0 Å². The zero-order valence-electron chi connectivity index (χ0n) is 8.65. The van der Waals surface area contributed by atoms with Gasteiger partial charge in [-0.25, -0.2) is 0 Å². The highest BCUT2D eigenvalue weighted by Crippen LogP contribution is 2.28. The lowest BCUT2D eigenvalue weighted by atomic mass is 10.4. The number of primary amides is 1. The number of aliphatic hydroxyl groups excluding tert-OH is 1. The molecule has 0 saturated heterocycles. The van der Waals surface area contributed by atoms with Crippen LogP contribution in [-0.4, -0.2) is 43.5 Å². The fraction of sp³-hybridized carbons (Fsp3) is 0.889. The van der Waals surface area contributed by atoms with Gasteiger partial charge in [0.05, 0.1) is 12.7 Å². The third-order valence-electron chi connectivity index (χ3n) is 2.00. The fourth-order valence-corrected chi connectivity index (χ4v) is 0.991. The Labute approximate surface area is 88.7 Å². The van der Waals surface area contributed by atoms with Crippen LogP contribution in [0.5, 0.6) is 0 Å². The van der Waals surface area contributed by atoms with E-state index in [9.17, 15) is 9.90 Å². The Kier molecular flexibility index (Phi) is 5.56. The predicted molar refractivity (Wildman–Crippen MR) is 52.7 cm³/mol. The topological polar surface area (TPSA) is 93.8 Å². The van der Waals surface area contributed by atoms with Gasteiger partial charge < -0.3 is 15.6 Å². The molecule has 0 radical (unpaired) electrons. The van der Waals surface area contributed by atoms with Crippen LogP contribution in [0.1, 0.15) is 12.8 Å².